The first-order valence-corrected chi connectivity index (χ1v) is 18.1. The molecule has 0 radical (unpaired) electrons. The molecular formula is C38H51N7O6. The van der Waals surface area contributed by atoms with E-state index < -0.39 is 0 Å². The molecule has 51 heavy (non-hydrogen) atoms. The highest BCUT2D eigenvalue weighted by Crippen LogP contribution is 2.39. The van der Waals surface area contributed by atoms with Crippen molar-refractivity contribution in [1.82, 2.24) is 25.1 Å². The molecule has 3 aliphatic rings. The van der Waals surface area contributed by atoms with Gasteiger partial charge in [0.15, 0.2) is 12.4 Å². The molecule has 13 nitrogen and oxygen atoms in total. The fourth-order valence-electron chi connectivity index (χ4n) is 6.94. The summed E-state index contributed by atoms with van der Waals surface area (Å²) >= 11 is 0. The minimum Gasteiger partial charge on any atom is -0.506 e. The fourth-order valence-corrected chi connectivity index (χ4v) is 6.94. The van der Waals surface area contributed by atoms with E-state index in [9.17, 15) is 14.7 Å². The second-order valence-electron chi connectivity index (χ2n) is 13.8. The Hall–Kier alpha value is -4.30. The van der Waals surface area contributed by atoms with Crippen LogP contribution in [0.5, 0.6) is 11.5 Å². The van der Waals surface area contributed by atoms with E-state index in [1.807, 2.05) is 26.2 Å². The van der Waals surface area contributed by atoms with Gasteiger partial charge >= 0.3 is 0 Å². The van der Waals surface area contributed by atoms with Crippen LogP contribution in [0.3, 0.4) is 0 Å². The maximum Gasteiger partial charge on any atom is 0.262 e. The molecule has 3 aliphatic heterocycles. The van der Waals surface area contributed by atoms with E-state index in [2.05, 4.69) is 54.7 Å². The zero-order valence-corrected chi connectivity index (χ0v) is 29.9. The second-order valence-corrected chi connectivity index (χ2v) is 13.8. The van der Waals surface area contributed by atoms with Gasteiger partial charge in [0.2, 0.25) is 11.9 Å². The number of morpholine rings is 1. The average molecular weight is 702 g/mol. The Labute approximate surface area is 300 Å². The van der Waals surface area contributed by atoms with Gasteiger partial charge in [0.25, 0.3) is 5.91 Å². The van der Waals surface area contributed by atoms with E-state index in [-0.39, 0.29) is 29.8 Å². The van der Waals surface area contributed by atoms with Crippen molar-refractivity contribution in [3.05, 3.63) is 71.0 Å². The van der Waals surface area contributed by atoms with E-state index in [0.29, 0.717) is 63.7 Å². The molecule has 0 unspecified atom stereocenters. The summed E-state index contributed by atoms with van der Waals surface area (Å²) in [6.07, 6.45) is 5.63. The number of piperidine rings is 1. The van der Waals surface area contributed by atoms with Crippen molar-refractivity contribution in [3.8, 4) is 11.5 Å². The lowest BCUT2D eigenvalue weighted by atomic mass is 9.89. The monoisotopic (exact) mass is 701 g/mol. The van der Waals surface area contributed by atoms with E-state index in [1.165, 1.54) is 11.1 Å². The normalized spacial score (nSPS) is 17.1. The van der Waals surface area contributed by atoms with Crippen molar-refractivity contribution in [3.63, 3.8) is 0 Å². The molecule has 1 aromatic heterocycles. The smallest absolute Gasteiger partial charge is 0.262 e. The number of aromatic hydroxyl groups is 1. The number of aryl methyl sites for hydroxylation is 1. The van der Waals surface area contributed by atoms with Crippen LogP contribution in [-0.4, -0.2) is 122 Å². The highest BCUT2D eigenvalue weighted by Gasteiger charge is 2.40. The SMILES string of the molecule is Cc1ccnc(N2CCOC3(CCN(Cc4cccc(CCOCCC(=O)N(C)CCNCCc5ccc(O)c6c5OCC(=O)N6)c4)CC3)C2)n1. The number of hydrogen-bond donors (Lipinski definition) is 3. The molecule has 2 fully saturated rings. The number of hydrogen-bond acceptors (Lipinski definition) is 11. The van der Waals surface area contributed by atoms with E-state index >= 15 is 0 Å². The van der Waals surface area contributed by atoms with E-state index in [4.69, 9.17) is 14.2 Å². The number of carbonyl (C=O) groups excluding carboxylic acids is 2. The third kappa shape index (κ3) is 9.94. The lowest BCUT2D eigenvalue weighted by molar-refractivity contribution is -0.131. The molecular weight excluding hydrogens is 650 g/mol. The summed E-state index contributed by atoms with van der Waals surface area (Å²) < 4.78 is 17.8. The van der Waals surface area contributed by atoms with Gasteiger partial charge < -0.3 is 39.8 Å². The molecule has 2 amide bonds. The van der Waals surface area contributed by atoms with Gasteiger partial charge in [-0.3, -0.25) is 14.5 Å². The molecule has 0 saturated carbocycles. The molecule has 2 aromatic carbocycles. The Morgan fingerprint density at radius 2 is 1.94 bits per heavy atom. The van der Waals surface area contributed by atoms with Crippen LogP contribution < -0.4 is 20.3 Å². The van der Waals surface area contributed by atoms with Gasteiger partial charge in [0.1, 0.15) is 11.4 Å². The van der Waals surface area contributed by atoms with Crippen molar-refractivity contribution < 1.29 is 28.9 Å². The van der Waals surface area contributed by atoms with Gasteiger partial charge in [0, 0.05) is 58.2 Å². The average Bonchev–Trinajstić information content (AvgIpc) is 3.13. The van der Waals surface area contributed by atoms with Crippen LogP contribution in [0, 0.1) is 6.92 Å². The third-order valence-corrected chi connectivity index (χ3v) is 9.92. The zero-order chi connectivity index (χ0) is 35.6. The zero-order valence-electron chi connectivity index (χ0n) is 29.9. The number of rotatable bonds is 15. The summed E-state index contributed by atoms with van der Waals surface area (Å²) in [7, 11) is 1.81. The quantitative estimate of drug-likeness (QED) is 0.159. The number of amides is 2. The van der Waals surface area contributed by atoms with Crippen LogP contribution in [-0.2, 0) is 38.4 Å². The summed E-state index contributed by atoms with van der Waals surface area (Å²) in [4.78, 5) is 39.9. The first-order chi connectivity index (χ1) is 24.8. The Morgan fingerprint density at radius 1 is 1.10 bits per heavy atom. The molecule has 3 aromatic rings. The number of phenols is 1. The largest absolute Gasteiger partial charge is 0.506 e. The minimum atomic E-state index is -0.285. The number of phenolic OH excluding ortho intramolecular Hbond substituents is 1. The standard InChI is InChI=1S/C38H51N7O6/c1-28-8-15-40-37(41-28)45-20-23-51-38(27-45)12-17-44(18-13-38)25-30-5-3-4-29(24-30)10-21-49-22-11-34(48)43(2)19-16-39-14-9-31-6-7-32(46)35-36(31)50-26-33(47)42-35/h3-8,15,24,39,46H,9-14,16-23,25-27H2,1-2H3,(H,42,47). The lowest BCUT2D eigenvalue weighted by Gasteiger charge is -2.47. The number of nitrogens with zero attached hydrogens (tertiary/aromatic N) is 5. The number of fused-ring (bicyclic) bond motifs is 1. The summed E-state index contributed by atoms with van der Waals surface area (Å²) in [5, 5.41) is 16.0. The maximum absolute atomic E-state index is 12.6. The van der Waals surface area contributed by atoms with Crippen LogP contribution in [0.1, 0.15) is 41.6 Å². The molecule has 0 aliphatic carbocycles. The number of benzene rings is 2. The van der Waals surface area contributed by atoms with Gasteiger partial charge in [-0.05, 0) is 68.0 Å². The van der Waals surface area contributed by atoms with E-state index in [0.717, 1.165) is 69.2 Å². The molecule has 3 N–H and O–H groups in total. The van der Waals surface area contributed by atoms with Crippen molar-refractivity contribution in [2.24, 2.45) is 0 Å². The lowest BCUT2D eigenvalue weighted by Crippen LogP contribution is -2.57. The van der Waals surface area contributed by atoms with E-state index in [1.54, 1.807) is 17.0 Å². The second kappa shape index (κ2) is 17.3. The first kappa shape index (κ1) is 36.5. The van der Waals surface area contributed by atoms with Crippen LogP contribution in [0.4, 0.5) is 11.6 Å². The summed E-state index contributed by atoms with van der Waals surface area (Å²) in [6.45, 7) is 10.1. The van der Waals surface area contributed by atoms with Crippen molar-refractivity contribution in [2.75, 3.05) is 89.5 Å². The Bertz CT molecular complexity index is 1650. The molecule has 4 heterocycles. The number of likely N-dealkylation sites (N-methyl/N-ethyl adjacent to an activating group) is 1. The predicted molar refractivity (Wildman–Crippen MR) is 194 cm³/mol. The maximum atomic E-state index is 12.6. The molecule has 6 rings (SSSR count). The van der Waals surface area contributed by atoms with Gasteiger partial charge in [-0.15, -0.1) is 0 Å². The summed E-state index contributed by atoms with van der Waals surface area (Å²) in [5.41, 5.74) is 4.61. The first-order valence-electron chi connectivity index (χ1n) is 18.1. The van der Waals surface area contributed by atoms with Gasteiger partial charge in [-0.2, -0.15) is 0 Å². The van der Waals surface area contributed by atoms with Gasteiger partial charge in [-0.25, -0.2) is 9.97 Å². The predicted octanol–water partition coefficient (Wildman–Crippen LogP) is 2.93. The van der Waals surface area contributed by atoms with Gasteiger partial charge in [-0.1, -0.05) is 30.3 Å². The summed E-state index contributed by atoms with van der Waals surface area (Å²) in [6, 6.07) is 14.0. The van der Waals surface area contributed by atoms with Crippen LogP contribution in [0.15, 0.2) is 48.7 Å². The fraction of sp³-hybridized carbons (Fsp3) is 0.526. The summed E-state index contributed by atoms with van der Waals surface area (Å²) in [5.74, 6) is 1.07. The number of carbonyl (C=O) groups is 2. The molecule has 1 spiro atoms. The minimum absolute atomic E-state index is 0.0102. The molecule has 2 saturated heterocycles. The van der Waals surface area contributed by atoms with Gasteiger partial charge in [0.05, 0.1) is 38.4 Å². The topological polar surface area (TPSA) is 142 Å². The van der Waals surface area contributed by atoms with Crippen LogP contribution >= 0.6 is 0 Å². The molecule has 274 valence electrons. The Kier molecular flexibility index (Phi) is 12.4. The highest BCUT2D eigenvalue weighted by atomic mass is 16.5. The number of anilines is 2. The third-order valence-electron chi connectivity index (χ3n) is 9.92. The number of ether oxygens (including phenoxy) is 3. The molecule has 0 bridgehead atoms. The van der Waals surface area contributed by atoms with Crippen molar-refractivity contribution in [1.29, 1.82) is 0 Å². The highest BCUT2D eigenvalue weighted by molar-refractivity contribution is 5.97. The number of likely N-dealkylation sites (tertiary alicyclic amines) is 1. The van der Waals surface area contributed by atoms with Crippen molar-refractivity contribution in [2.45, 2.75) is 51.2 Å². The molecule has 13 heteroatoms. The van der Waals surface area contributed by atoms with Crippen LogP contribution in [0.25, 0.3) is 0 Å². The van der Waals surface area contributed by atoms with Crippen molar-refractivity contribution >= 4 is 23.5 Å². The Morgan fingerprint density at radius 3 is 2.78 bits per heavy atom. The van der Waals surface area contributed by atoms with Crippen LogP contribution in [0.2, 0.25) is 0 Å². The number of nitrogens with one attached hydrogen (secondary N) is 2. The Balaban J connectivity index is 0.837. The number of aromatic nitrogens is 2. The molecule has 0 atom stereocenters.